The summed E-state index contributed by atoms with van der Waals surface area (Å²) in [6, 6.07) is 7.74. The Kier molecular flexibility index (Phi) is 4.55. The van der Waals surface area contributed by atoms with Gasteiger partial charge in [-0.1, -0.05) is 12.1 Å². The summed E-state index contributed by atoms with van der Waals surface area (Å²) < 4.78 is 10.3. The molecule has 0 radical (unpaired) electrons. The van der Waals surface area contributed by atoms with Crippen LogP contribution in [0.4, 0.5) is 0 Å². The van der Waals surface area contributed by atoms with Gasteiger partial charge >= 0.3 is 0 Å². The Hall–Kier alpha value is -1.10. The number of ether oxygens (including phenoxy) is 2. The first kappa shape index (κ1) is 12.0. The Labute approximate surface area is 90.3 Å². The molecule has 0 amide bonds. The smallest absolute Gasteiger partial charge is 0.118 e. The van der Waals surface area contributed by atoms with Crippen LogP contribution in [0.25, 0.3) is 0 Å². The highest BCUT2D eigenvalue weighted by molar-refractivity contribution is 5.29. The molecule has 3 N–H and O–H groups in total. The van der Waals surface area contributed by atoms with Gasteiger partial charge in [0.25, 0.3) is 0 Å². The number of hydrazine groups is 1. The maximum atomic E-state index is 5.49. The summed E-state index contributed by atoms with van der Waals surface area (Å²) in [4.78, 5) is 0. The summed E-state index contributed by atoms with van der Waals surface area (Å²) in [6.07, 6.45) is 0.0170. The molecule has 0 saturated heterocycles. The molecular weight excluding hydrogens is 192 g/mol. The van der Waals surface area contributed by atoms with Crippen LogP contribution in [0.15, 0.2) is 24.3 Å². The van der Waals surface area contributed by atoms with Crippen LogP contribution >= 0.6 is 0 Å². The molecule has 84 valence electrons. The second kappa shape index (κ2) is 5.70. The van der Waals surface area contributed by atoms with Crippen LogP contribution in [0, 0.1) is 0 Å². The summed E-state index contributed by atoms with van der Waals surface area (Å²) >= 11 is 0. The average molecular weight is 210 g/mol. The molecule has 0 bridgehead atoms. The predicted octanol–water partition coefficient (Wildman–Crippen LogP) is 1.23. The van der Waals surface area contributed by atoms with Crippen molar-refractivity contribution in [1.82, 2.24) is 5.43 Å². The van der Waals surface area contributed by atoms with Crippen LogP contribution in [0.2, 0.25) is 0 Å². The van der Waals surface area contributed by atoms with E-state index in [0.29, 0.717) is 0 Å². The zero-order valence-corrected chi connectivity index (χ0v) is 9.36. The van der Waals surface area contributed by atoms with Gasteiger partial charge in [0, 0.05) is 7.11 Å². The first-order valence-corrected chi connectivity index (χ1v) is 4.85. The van der Waals surface area contributed by atoms with Crippen molar-refractivity contribution in [2.75, 3.05) is 14.2 Å². The lowest BCUT2D eigenvalue weighted by Gasteiger charge is -2.22. The lowest BCUT2D eigenvalue weighted by atomic mass is 10.0. The Morgan fingerprint density at radius 2 is 1.80 bits per heavy atom. The standard InChI is InChI=1S/C11H18N2O2/c1-8(14-2)11(13-12)9-4-6-10(15-3)7-5-9/h4-8,11,13H,12H2,1-3H3. The molecule has 15 heavy (non-hydrogen) atoms. The van der Waals surface area contributed by atoms with E-state index >= 15 is 0 Å². The van der Waals surface area contributed by atoms with Crippen LogP contribution in [0.5, 0.6) is 5.75 Å². The minimum Gasteiger partial charge on any atom is -0.497 e. The van der Waals surface area contributed by atoms with Gasteiger partial charge in [0.2, 0.25) is 0 Å². The van der Waals surface area contributed by atoms with Gasteiger partial charge in [-0.25, -0.2) is 0 Å². The third-order valence-corrected chi connectivity index (χ3v) is 2.50. The molecule has 0 fully saturated rings. The summed E-state index contributed by atoms with van der Waals surface area (Å²) in [7, 11) is 3.31. The van der Waals surface area contributed by atoms with Crippen molar-refractivity contribution >= 4 is 0 Å². The van der Waals surface area contributed by atoms with E-state index in [1.807, 2.05) is 31.2 Å². The number of benzene rings is 1. The van der Waals surface area contributed by atoms with Crippen LogP contribution in [-0.2, 0) is 4.74 Å². The molecule has 0 aliphatic rings. The largest absolute Gasteiger partial charge is 0.497 e. The first-order chi connectivity index (χ1) is 7.22. The fraction of sp³-hybridized carbons (Fsp3) is 0.455. The predicted molar refractivity (Wildman–Crippen MR) is 59.5 cm³/mol. The van der Waals surface area contributed by atoms with Crippen molar-refractivity contribution in [3.05, 3.63) is 29.8 Å². The van der Waals surface area contributed by atoms with E-state index in [4.69, 9.17) is 15.3 Å². The Morgan fingerprint density at radius 3 is 2.20 bits per heavy atom. The van der Waals surface area contributed by atoms with Crippen molar-refractivity contribution in [3.63, 3.8) is 0 Å². The summed E-state index contributed by atoms with van der Waals surface area (Å²) in [5.74, 6) is 6.32. The monoisotopic (exact) mass is 210 g/mol. The number of hydrogen-bond acceptors (Lipinski definition) is 4. The van der Waals surface area contributed by atoms with Crippen molar-refractivity contribution in [2.24, 2.45) is 5.84 Å². The Balaban J connectivity index is 2.83. The second-order valence-corrected chi connectivity index (χ2v) is 3.36. The number of nitrogens with two attached hydrogens (primary N) is 1. The molecule has 2 atom stereocenters. The number of rotatable bonds is 5. The Morgan fingerprint density at radius 1 is 1.20 bits per heavy atom. The number of nitrogens with one attached hydrogen (secondary N) is 1. The minimum absolute atomic E-state index is 0.0130. The molecule has 0 saturated carbocycles. The van der Waals surface area contributed by atoms with Crippen LogP contribution in [0.3, 0.4) is 0 Å². The third-order valence-electron chi connectivity index (χ3n) is 2.50. The molecule has 2 unspecified atom stereocenters. The van der Waals surface area contributed by atoms with Gasteiger partial charge in [0.05, 0.1) is 19.3 Å². The fourth-order valence-corrected chi connectivity index (χ4v) is 1.45. The highest BCUT2D eigenvalue weighted by atomic mass is 16.5. The molecule has 4 nitrogen and oxygen atoms in total. The zero-order valence-electron chi connectivity index (χ0n) is 9.36. The molecule has 1 rings (SSSR count). The van der Waals surface area contributed by atoms with Gasteiger partial charge in [-0.05, 0) is 24.6 Å². The van der Waals surface area contributed by atoms with Gasteiger partial charge in [0.1, 0.15) is 5.75 Å². The van der Waals surface area contributed by atoms with Crippen LogP contribution in [0.1, 0.15) is 18.5 Å². The van der Waals surface area contributed by atoms with Gasteiger partial charge < -0.3 is 9.47 Å². The van der Waals surface area contributed by atoms with Gasteiger partial charge in [0.15, 0.2) is 0 Å². The maximum Gasteiger partial charge on any atom is 0.118 e. The molecular formula is C11H18N2O2. The van der Waals surface area contributed by atoms with Crippen molar-refractivity contribution in [1.29, 1.82) is 0 Å². The van der Waals surface area contributed by atoms with E-state index in [1.54, 1.807) is 14.2 Å². The SMILES string of the molecule is COc1ccc(C(NN)C(C)OC)cc1. The van der Waals surface area contributed by atoms with E-state index in [0.717, 1.165) is 11.3 Å². The summed E-state index contributed by atoms with van der Waals surface area (Å²) in [6.45, 7) is 1.97. The summed E-state index contributed by atoms with van der Waals surface area (Å²) in [5, 5.41) is 0. The second-order valence-electron chi connectivity index (χ2n) is 3.36. The van der Waals surface area contributed by atoms with E-state index < -0.39 is 0 Å². The van der Waals surface area contributed by atoms with Crippen molar-refractivity contribution in [2.45, 2.75) is 19.1 Å². The van der Waals surface area contributed by atoms with Gasteiger partial charge in [-0.3, -0.25) is 11.3 Å². The highest BCUT2D eigenvalue weighted by Crippen LogP contribution is 2.20. The van der Waals surface area contributed by atoms with Crippen LogP contribution < -0.4 is 16.0 Å². The fourth-order valence-electron chi connectivity index (χ4n) is 1.45. The summed E-state index contributed by atoms with van der Waals surface area (Å²) in [5.41, 5.74) is 3.82. The maximum absolute atomic E-state index is 5.49. The van der Waals surface area contributed by atoms with Crippen molar-refractivity contribution < 1.29 is 9.47 Å². The average Bonchev–Trinajstić information content (AvgIpc) is 2.30. The first-order valence-electron chi connectivity index (χ1n) is 4.85. The molecule has 0 heterocycles. The Bertz CT molecular complexity index is 287. The van der Waals surface area contributed by atoms with Gasteiger partial charge in [-0.15, -0.1) is 0 Å². The molecule has 0 aromatic heterocycles. The highest BCUT2D eigenvalue weighted by Gasteiger charge is 2.17. The molecule has 1 aromatic rings. The van der Waals surface area contributed by atoms with Gasteiger partial charge in [-0.2, -0.15) is 0 Å². The quantitative estimate of drug-likeness (QED) is 0.567. The molecule has 0 aliphatic carbocycles. The minimum atomic E-state index is -0.0130. The van der Waals surface area contributed by atoms with E-state index in [2.05, 4.69) is 5.43 Å². The van der Waals surface area contributed by atoms with E-state index in [9.17, 15) is 0 Å². The van der Waals surface area contributed by atoms with Crippen molar-refractivity contribution in [3.8, 4) is 5.75 Å². The van der Waals surface area contributed by atoms with E-state index in [1.165, 1.54) is 0 Å². The third kappa shape index (κ3) is 2.92. The number of methoxy groups -OCH3 is 2. The lowest BCUT2D eigenvalue weighted by molar-refractivity contribution is 0.0830. The topological polar surface area (TPSA) is 56.5 Å². The molecule has 4 heteroatoms. The normalized spacial score (nSPS) is 14.7. The zero-order chi connectivity index (χ0) is 11.3. The molecule has 0 spiro atoms. The van der Waals surface area contributed by atoms with E-state index in [-0.39, 0.29) is 12.1 Å². The van der Waals surface area contributed by atoms with Crippen LogP contribution in [-0.4, -0.2) is 20.3 Å². The molecule has 1 aromatic carbocycles. The number of hydrogen-bond donors (Lipinski definition) is 2. The lowest BCUT2D eigenvalue weighted by Crippen LogP contribution is -2.36. The molecule has 0 aliphatic heterocycles.